The van der Waals surface area contributed by atoms with Crippen LogP contribution in [-0.2, 0) is 0 Å². The van der Waals surface area contributed by atoms with Crippen molar-refractivity contribution in [2.24, 2.45) is 0 Å². The maximum Gasteiger partial charge on any atom is 0.0818 e. The van der Waals surface area contributed by atoms with Crippen molar-refractivity contribution in [1.29, 1.82) is 0 Å². The van der Waals surface area contributed by atoms with Gasteiger partial charge in [0, 0.05) is 6.42 Å². The summed E-state index contributed by atoms with van der Waals surface area (Å²) in [6.07, 6.45) is -0.952. The maximum atomic E-state index is 9.99. The van der Waals surface area contributed by atoms with Crippen LogP contribution in [0.5, 0.6) is 0 Å². The Bertz CT molecular complexity index is 395. The van der Waals surface area contributed by atoms with Crippen LogP contribution in [0, 0.1) is 0 Å². The third kappa shape index (κ3) is 3.16. The normalized spacial score (nSPS) is 14.2. The van der Waals surface area contributed by atoms with Gasteiger partial charge in [0.1, 0.15) is 0 Å². The number of hydrogen-bond donors (Lipinski definition) is 2. The minimum Gasteiger partial charge on any atom is -0.388 e. The Morgan fingerprint density at radius 2 is 1.00 bits per heavy atom. The Balaban J connectivity index is 2.02. The molecule has 88 valence electrons. The average Bonchev–Trinajstić information content (AvgIpc) is 2.40. The molecule has 2 nitrogen and oxygen atoms in total. The average molecular weight is 228 g/mol. The molecule has 0 radical (unpaired) electrons. The second-order valence-corrected chi connectivity index (χ2v) is 4.09. The minimum atomic E-state index is -0.633. The molecular weight excluding hydrogens is 212 g/mol. The van der Waals surface area contributed by atoms with Gasteiger partial charge in [-0.15, -0.1) is 0 Å². The van der Waals surface area contributed by atoms with Crippen molar-refractivity contribution in [1.82, 2.24) is 0 Å². The molecule has 0 aliphatic heterocycles. The Labute approximate surface area is 101 Å². The van der Waals surface area contributed by atoms with E-state index < -0.39 is 12.2 Å². The van der Waals surface area contributed by atoms with Gasteiger partial charge in [0.2, 0.25) is 0 Å². The summed E-state index contributed by atoms with van der Waals surface area (Å²) in [4.78, 5) is 0. The van der Waals surface area contributed by atoms with Crippen LogP contribution in [0.3, 0.4) is 0 Å². The molecular formula is C15H16O2. The standard InChI is InChI=1S/C15H16O2/c16-14(12-7-3-1-4-8-12)11-15(17)13-9-5-2-6-10-13/h1-10,14-17H,11H2/t14-,15+. The smallest absolute Gasteiger partial charge is 0.0818 e. The molecule has 2 heteroatoms. The molecule has 0 spiro atoms. The first-order chi connectivity index (χ1) is 8.27. The molecule has 2 aromatic carbocycles. The molecule has 0 saturated carbocycles. The van der Waals surface area contributed by atoms with Crippen molar-refractivity contribution in [3.8, 4) is 0 Å². The summed E-state index contributed by atoms with van der Waals surface area (Å²) in [5.74, 6) is 0. The highest BCUT2D eigenvalue weighted by Crippen LogP contribution is 2.25. The number of benzene rings is 2. The monoisotopic (exact) mass is 228 g/mol. The summed E-state index contributed by atoms with van der Waals surface area (Å²) >= 11 is 0. The molecule has 0 amide bonds. The van der Waals surface area contributed by atoms with E-state index in [9.17, 15) is 10.2 Å². The SMILES string of the molecule is O[C@H](C[C@H](O)c1ccccc1)c1ccccc1. The van der Waals surface area contributed by atoms with E-state index in [1.165, 1.54) is 0 Å². The van der Waals surface area contributed by atoms with E-state index in [1.807, 2.05) is 60.7 Å². The van der Waals surface area contributed by atoms with Gasteiger partial charge in [0.25, 0.3) is 0 Å². The summed E-state index contributed by atoms with van der Waals surface area (Å²) < 4.78 is 0. The van der Waals surface area contributed by atoms with E-state index in [2.05, 4.69) is 0 Å². The van der Waals surface area contributed by atoms with Crippen molar-refractivity contribution in [2.45, 2.75) is 18.6 Å². The lowest BCUT2D eigenvalue weighted by molar-refractivity contribution is 0.0804. The lowest BCUT2D eigenvalue weighted by Crippen LogP contribution is -2.05. The van der Waals surface area contributed by atoms with Crippen LogP contribution in [0.15, 0.2) is 60.7 Å². The Kier molecular flexibility index (Phi) is 3.91. The zero-order valence-corrected chi connectivity index (χ0v) is 9.53. The van der Waals surface area contributed by atoms with Crippen molar-refractivity contribution >= 4 is 0 Å². The van der Waals surface area contributed by atoms with Crippen LogP contribution < -0.4 is 0 Å². The van der Waals surface area contributed by atoms with E-state index in [-0.39, 0.29) is 0 Å². The molecule has 0 bridgehead atoms. The molecule has 0 aliphatic carbocycles. The van der Waals surface area contributed by atoms with Gasteiger partial charge in [0.15, 0.2) is 0 Å². The first kappa shape index (κ1) is 11.8. The van der Waals surface area contributed by atoms with Gasteiger partial charge >= 0.3 is 0 Å². The van der Waals surface area contributed by atoms with Gasteiger partial charge in [0.05, 0.1) is 12.2 Å². The van der Waals surface area contributed by atoms with Gasteiger partial charge in [-0.25, -0.2) is 0 Å². The van der Waals surface area contributed by atoms with Crippen molar-refractivity contribution in [3.05, 3.63) is 71.8 Å². The molecule has 2 rings (SSSR count). The van der Waals surface area contributed by atoms with Crippen molar-refractivity contribution < 1.29 is 10.2 Å². The number of aliphatic hydroxyl groups excluding tert-OH is 2. The quantitative estimate of drug-likeness (QED) is 0.844. The van der Waals surface area contributed by atoms with Crippen LogP contribution in [-0.4, -0.2) is 10.2 Å². The molecule has 2 N–H and O–H groups in total. The van der Waals surface area contributed by atoms with Gasteiger partial charge < -0.3 is 10.2 Å². The fourth-order valence-corrected chi connectivity index (χ4v) is 1.83. The largest absolute Gasteiger partial charge is 0.388 e. The first-order valence-electron chi connectivity index (χ1n) is 5.73. The summed E-state index contributed by atoms with van der Waals surface area (Å²) in [5.41, 5.74) is 1.67. The summed E-state index contributed by atoms with van der Waals surface area (Å²) in [6, 6.07) is 18.8. The second kappa shape index (κ2) is 5.62. The van der Waals surface area contributed by atoms with E-state index in [0.717, 1.165) is 11.1 Å². The predicted molar refractivity (Wildman–Crippen MR) is 67.4 cm³/mol. The van der Waals surface area contributed by atoms with Crippen LogP contribution in [0.25, 0.3) is 0 Å². The number of aliphatic hydroxyl groups is 2. The molecule has 0 saturated heterocycles. The van der Waals surface area contributed by atoms with E-state index in [1.54, 1.807) is 0 Å². The molecule has 2 aromatic rings. The molecule has 0 heterocycles. The highest BCUT2D eigenvalue weighted by Gasteiger charge is 2.14. The highest BCUT2D eigenvalue weighted by atomic mass is 16.3. The molecule has 0 unspecified atom stereocenters. The molecule has 0 fully saturated rings. The van der Waals surface area contributed by atoms with Gasteiger partial charge in [-0.05, 0) is 11.1 Å². The minimum absolute atomic E-state index is 0.314. The van der Waals surface area contributed by atoms with Crippen LogP contribution in [0.1, 0.15) is 29.8 Å². The number of hydrogen-bond acceptors (Lipinski definition) is 2. The summed E-state index contributed by atoms with van der Waals surface area (Å²) in [5, 5.41) is 20.0. The van der Waals surface area contributed by atoms with Gasteiger partial charge in [-0.3, -0.25) is 0 Å². The number of rotatable bonds is 4. The zero-order chi connectivity index (χ0) is 12.1. The van der Waals surface area contributed by atoms with Crippen LogP contribution in [0.4, 0.5) is 0 Å². The first-order valence-corrected chi connectivity index (χ1v) is 5.73. The summed E-state index contributed by atoms with van der Waals surface area (Å²) in [6.45, 7) is 0. The van der Waals surface area contributed by atoms with Crippen LogP contribution >= 0.6 is 0 Å². The fourth-order valence-electron chi connectivity index (χ4n) is 1.83. The predicted octanol–water partition coefficient (Wildman–Crippen LogP) is 2.84. The molecule has 2 atom stereocenters. The lowest BCUT2D eigenvalue weighted by Gasteiger charge is -2.16. The highest BCUT2D eigenvalue weighted by molar-refractivity contribution is 5.20. The molecule has 17 heavy (non-hydrogen) atoms. The van der Waals surface area contributed by atoms with E-state index >= 15 is 0 Å². The van der Waals surface area contributed by atoms with Gasteiger partial charge in [-0.2, -0.15) is 0 Å². The molecule has 0 aromatic heterocycles. The zero-order valence-electron chi connectivity index (χ0n) is 9.53. The topological polar surface area (TPSA) is 40.5 Å². The fraction of sp³-hybridized carbons (Fsp3) is 0.200. The third-order valence-electron chi connectivity index (χ3n) is 2.82. The maximum absolute atomic E-state index is 9.99. The third-order valence-corrected chi connectivity index (χ3v) is 2.82. The molecule has 0 aliphatic rings. The Morgan fingerprint density at radius 1 is 0.647 bits per heavy atom. The van der Waals surface area contributed by atoms with E-state index in [0.29, 0.717) is 6.42 Å². The van der Waals surface area contributed by atoms with Crippen LogP contribution in [0.2, 0.25) is 0 Å². The lowest BCUT2D eigenvalue weighted by atomic mass is 9.99. The van der Waals surface area contributed by atoms with Crippen molar-refractivity contribution in [3.63, 3.8) is 0 Å². The second-order valence-electron chi connectivity index (χ2n) is 4.09. The Hall–Kier alpha value is -1.64. The Morgan fingerprint density at radius 3 is 1.35 bits per heavy atom. The van der Waals surface area contributed by atoms with Crippen molar-refractivity contribution in [2.75, 3.05) is 0 Å². The van der Waals surface area contributed by atoms with E-state index in [4.69, 9.17) is 0 Å². The summed E-state index contributed by atoms with van der Waals surface area (Å²) in [7, 11) is 0. The van der Waals surface area contributed by atoms with Gasteiger partial charge in [-0.1, -0.05) is 60.7 Å².